The van der Waals surface area contributed by atoms with Gasteiger partial charge in [0.2, 0.25) is 5.91 Å². The van der Waals surface area contributed by atoms with E-state index >= 15 is 0 Å². The summed E-state index contributed by atoms with van der Waals surface area (Å²) in [6.07, 6.45) is -4.46. The number of amides is 1. The molecule has 10 heteroatoms. The molecule has 158 valence electrons. The molecule has 0 bridgehead atoms. The van der Waals surface area contributed by atoms with E-state index in [0.29, 0.717) is 22.3 Å². The number of ether oxygens (including phenoxy) is 1. The van der Waals surface area contributed by atoms with Gasteiger partial charge in [-0.15, -0.1) is 10.2 Å². The molecule has 3 rings (SSSR count). The molecule has 6 nitrogen and oxygen atoms in total. The van der Waals surface area contributed by atoms with E-state index in [2.05, 4.69) is 10.2 Å². The molecule has 0 fully saturated rings. The smallest absolute Gasteiger partial charge is 0.405 e. The van der Waals surface area contributed by atoms with Crippen molar-refractivity contribution in [1.82, 2.24) is 20.1 Å². The number of carbonyl (C=O) groups excluding carboxylic acids is 1. The van der Waals surface area contributed by atoms with Crippen LogP contribution in [0.3, 0.4) is 0 Å². The minimum atomic E-state index is -4.46. The van der Waals surface area contributed by atoms with Crippen LogP contribution in [0.5, 0.6) is 5.75 Å². The first kappa shape index (κ1) is 21.7. The fourth-order valence-electron chi connectivity index (χ4n) is 2.67. The zero-order chi connectivity index (χ0) is 21.7. The van der Waals surface area contributed by atoms with Gasteiger partial charge in [-0.05, 0) is 31.2 Å². The second-order valence-corrected chi connectivity index (χ2v) is 7.30. The van der Waals surface area contributed by atoms with Crippen LogP contribution in [-0.2, 0) is 4.79 Å². The van der Waals surface area contributed by atoms with Gasteiger partial charge in [0.1, 0.15) is 12.3 Å². The van der Waals surface area contributed by atoms with Crippen molar-refractivity contribution in [2.75, 3.05) is 19.4 Å². The molecule has 0 saturated carbocycles. The quantitative estimate of drug-likeness (QED) is 0.567. The molecule has 0 aliphatic heterocycles. The van der Waals surface area contributed by atoms with Crippen molar-refractivity contribution in [2.24, 2.45) is 0 Å². The lowest BCUT2D eigenvalue weighted by atomic mass is 10.1. The predicted molar refractivity (Wildman–Crippen MR) is 108 cm³/mol. The lowest BCUT2D eigenvalue weighted by Gasteiger charge is -2.13. The Hall–Kier alpha value is -3.01. The van der Waals surface area contributed by atoms with Crippen molar-refractivity contribution in [2.45, 2.75) is 18.3 Å². The lowest BCUT2D eigenvalue weighted by Crippen LogP contribution is -2.34. The van der Waals surface area contributed by atoms with Gasteiger partial charge in [0.05, 0.1) is 18.4 Å². The molecule has 2 aromatic carbocycles. The monoisotopic (exact) mass is 436 g/mol. The molecule has 0 aliphatic rings. The zero-order valence-corrected chi connectivity index (χ0v) is 17.0. The second kappa shape index (κ2) is 9.21. The Morgan fingerprint density at radius 2 is 1.83 bits per heavy atom. The fourth-order valence-corrected chi connectivity index (χ4v) is 3.46. The predicted octanol–water partition coefficient (Wildman–Crippen LogP) is 4.02. The summed E-state index contributed by atoms with van der Waals surface area (Å²) >= 11 is 1.00. The molecule has 0 unspecified atom stereocenters. The molecule has 0 spiro atoms. The van der Waals surface area contributed by atoms with Crippen LogP contribution in [0.4, 0.5) is 13.2 Å². The molecule has 1 aromatic heterocycles. The molecule has 30 heavy (non-hydrogen) atoms. The molecule has 0 atom stereocenters. The maximum atomic E-state index is 12.3. The van der Waals surface area contributed by atoms with Crippen molar-refractivity contribution in [1.29, 1.82) is 0 Å². The topological polar surface area (TPSA) is 69.0 Å². The zero-order valence-electron chi connectivity index (χ0n) is 16.2. The van der Waals surface area contributed by atoms with Crippen LogP contribution in [-0.4, -0.2) is 46.3 Å². The van der Waals surface area contributed by atoms with Crippen molar-refractivity contribution in [3.63, 3.8) is 0 Å². The van der Waals surface area contributed by atoms with E-state index in [1.54, 1.807) is 17.7 Å². The van der Waals surface area contributed by atoms with Crippen LogP contribution < -0.4 is 10.1 Å². The highest BCUT2D eigenvalue weighted by Crippen LogP contribution is 2.33. The van der Waals surface area contributed by atoms with E-state index in [-0.39, 0.29) is 5.75 Å². The number of benzene rings is 2. The number of thioether (sulfide) groups is 1. The largest absolute Gasteiger partial charge is 0.496 e. The average molecular weight is 436 g/mol. The van der Waals surface area contributed by atoms with Crippen molar-refractivity contribution in [3.8, 4) is 22.8 Å². The third-order valence-corrected chi connectivity index (χ3v) is 5.02. The number of nitrogens with zero attached hydrogens (tertiary/aromatic N) is 3. The number of para-hydroxylation sites is 1. The third-order valence-electron chi connectivity index (χ3n) is 4.09. The Labute approximate surface area is 175 Å². The fraction of sp³-hybridized carbons (Fsp3) is 0.250. The number of carbonyl (C=O) groups is 1. The van der Waals surface area contributed by atoms with E-state index in [9.17, 15) is 18.0 Å². The van der Waals surface area contributed by atoms with Gasteiger partial charge >= 0.3 is 6.18 Å². The van der Waals surface area contributed by atoms with Crippen molar-refractivity contribution >= 4 is 17.7 Å². The highest BCUT2D eigenvalue weighted by molar-refractivity contribution is 7.99. The summed E-state index contributed by atoms with van der Waals surface area (Å²) in [5.41, 5.74) is 2.51. The Morgan fingerprint density at radius 1 is 1.13 bits per heavy atom. The SMILES string of the molecule is COc1ccccc1-c1nnc(SCC(=O)NCC(F)(F)F)n1-c1ccc(C)cc1. The van der Waals surface area contributed by atoms with Crippen LogP contribution in [0, 0.1) is 6.92 Å². The van der Waals surface area contributed by atoms with E-state index in [1.807, 2.05) is 54.7 Å². The second-order valence-electron chi connectivity index (χ2n) is 6.36. The van der Waals surface area contributed by atoms with Crippen molar-refractivity contribution < 1.29 is 22.7 Å². The summed E-state index contributed by atoms with van der Waals surface area (Å²) in [7, 11) is 1.55. The van der Waals surface area contributed by atoms with Crippen LogP contribution in [0.15, 0.2) is 53.7 Å². The Kier molecular flexibility index (Phi) is 6.66. The molecule has 1 N–H and O–H groups in total. The Morgan fingerprint density at radius 3 is 2.50 bits per heavy atom. The lowest BCUT2D eigenvalue weighted by molar-refractivity contribution is -0.136. The maximum absolute atomic E-state index is 12.3. The number of rotatable bonds is 7. The Balaban J connectivity index is 1.93. The van der Waals surface area contributed by atoms with Crippen molar-refractivity contribution in [3.05, 3.63) is 54.1 Å². The van der Waals surface area contributed by atoms with Crippen LogP contribution in [0.2, 0.25) is 0 Å². The van der Waals surface area contributed by atoms with Gasteiger partial charge in [0.25, 0.3) is 0 Å². The van der Waals surface area contributed by atoms with Gasteiger partial charge in [-0.3, -0.25) is 9.36 Å². The summed E-state index contributed by atoms with van der Waals surface area (Å²) < 4.78 is 44.1. The normalized spacial score (nSPS) is 11.4. The molecule has 0 saturated heterocycles. The number of aryl methyl sites for hydroxylation is 1. The molecular weight excluding hydrogens is 417 g/mol. The van der Waals surface area contributed by atoms with E-state index in [1.165, 1.54) is 0 Å². The number of halogens is 3. The summed E-state index contributed by atoms with van der Waals surface area (Å²) in [5, 5.41) is 10.7. The number of nitrogens with one attached hydrogen (secondary N) is 1. The minimum absolute atomic E-state index is 0.230. The summed E-state index contributed by atoms with van der Waals surface area (Å²) in [6, 6.07) is 14.9. The first-order valence-electron chi connectivity index (χ1n) is 8.90. The van der Waals surface area contributed by atoms with E-state index in [0.717, 1.165) is 23.0 Å². The first-order valence-corrected chi connectivity index (χ1v) is 9.89. The van der Waals surface area contributed by atoms with Gasteiger partial charge in [-0.25, -0.2) is 0 Å². The molecule has 0 aliphatic carbocycles. The standard InChI is InChI=1S/C20H19F3N4O2S/c1-13-7-9-14(10-8-13)27-18(15-5-3-4-6-16(15)29-2)25-26-19(27)30-11-17(28)24-12-20(21,22)23/h3-10H,11-12H2,1-2H3,(H,24,28). The summed E-state index contributed by atoms with van der Waals surface area (Å²) in [4.78, 5) is 11.8. The minimum Gasteiger partial charge on any atom is -0.496 e. The number of alkyl halides is 3. The van der Waals surface area contributed by atoms with Gasteiger partial charge in [-0.1, -0.05) is 41.6 Å². The molecule has 3 aromatic rings. The van der Waals surface area contributed by atoms with E-state index < -0.39 is 18.6 Å². The number of methoxy groups -OCH3 is 1. The maximum Gasteiger partial charge on any atom is 0.405 e. The third kappa shape index (κ3) is 5.32. The van der Waals surface area contributed by atoms with Crippen LogP contribution >= 0.6 is 11.8 Å². The number of aromatic nitrogens is 3. The van der Waals surface area contributed by atoms with Gasteiger partial charge in [-0.2, -0.15) is 13.2 Å². The summed E-state index contributed by atoms with van der Waals surface area (Å²) in [5.74, 6) is 0.119. The molecule has 1 heterocycles. The van der Waals surface area contributed by atoms with Crippen LogP contribution in [0.25, 0.3) is 17.1 Å². The van der Waals surface area contributed by atoms with Gasteiger partial charge in [0.15, 0.2) is 11.0 Å². The molecule has 1 amide bonds. The number of hydrogen-bond donors (Lipinski definition) is 1. The van der Waals surface area contributed by atoms with Gasteiger partial charge < -0.3 is 10.1 Å². The average Bonchev–Trinajstić information content (AvgIpc) is 3.14. The first-order chi connectivity index (χ1) is 14.3. The highest BCUT2D eigenvalue weighted by atomic mass is 32.2. The molecule has 0 radical (unpaired) electrons. The highest BCUT2D eigenvalue weighted by Gasteiger charge is 2.28. The number of hydrogen-bond acceptors (Lipinski definition) is 5. The van der Waals surface area contributed by atoms with E-state index in [4.69, 9.17) is 4.74 Å². The van der Waals surface area contributed by atoms with Gasteiger partial charge in [0, 0.05) is 5.69 Å². The Bertz CT molecular complexity index is 1020. The van der Waals surface area contributed by atoms with Crippen LogP contribution in [0.1, 0.15) is 5.56 Å². The molecular formula is C20H19F3N4O2S. The summed E-state index contributed by atoms with van der Waals surface area (Å²) in [6.45, 7) is 0.585.